The van der Waals surface area contributed by atoms with Crippen molar-refractivity contribution in [3.05, 3.63) is 29.2 Å². The Morgan fingerprint density at radius 1 is 1.42 bits per heavy atom. The summed E-state index contributed by atoms with van der Waals surface area (Å²) in [4.78, 5) is 7.47. The summed E-state index contributed by atoms with van der Waals surface area (Å²) < 4.78 is 3.90. The Labute approximate surface area is 74.0 Å². The molecule has 6 heteroatoms. The Morgan fingerprint density at radius 3 is 2.92 bits per heavy atom. The van der Waals surface area contributed by atoms with E-state index in [4.69, 9.17) is 5.39 Å². The Hall–Kier alpha value is -1.29. The van der Waals surface area contributed by atoms with Crippen molar-refractivity contribution in [2.45, 2.75) is 0 Å². The fourth-order valence-electron chi connectivity index (χ4n) is 0.652. The Morgan fingerprint density at radius 2 is 2.25 bits per heavy atom. The van der Waals surface area contributed by atoms with E-state index in [1.807, 2.05) is 0 Å². The van der Waals surface area contributed by atoms with Crippen LogP contribution in [0.3, 0.4) is 0 Å². The first-order valence-corrected chi connectivity index (χ1v) is 3.33. The Bertz CT molecular complexity index is 299. The molecule has 0 saturated carbocycles. The maximum atomic E-state index is 8.37. The van der Waals surface area contributed by atoms with Crippen molar-refractivity contribution in [3.63, 3.8) is 0 Å². The molecular weight excluding hydrogens is 180 g/mol. The van der Waals surface area contributed by atoms with Gasteiger partial charge in [0.1, 0.15) is 0 Å². The van der Waals surface area contributed by atoms with Crippen LogP contribution < -0.4 is 4.89 Å². The minimum atomic E-state index is 0.347. The highest BCUT2D eigenvalue weighted by molar-refractivity contribution is 7.74. The van der Waals surface area contributed by atoms with E-state index in [9.17, 15) is 0 Å². The molecule has 1 aromatic rings. The zero-order valence-electron chi connectivity index (χ0n) is 5.88. The molecule has 0 N–H and O–H groups in total. The molecule has 0 saturated heterocycles. The van der Waals surface area contributed by atoms with Crippen molar-refractivity contribution < 1.29 is 14.3 Å². The van der Waals surface area contributed by atoms with Gasteiger partial charge >= 0.3 is 5.69 Å². The molecule has 0 unspecified atom stereocenters. The molecule has 0 amide bonds. The Kier molecular flexibility index (Phi) is 3.35. The number of benzene rings is 1. The van der Waals surface area contributed by atoms with E-state index >= 15 is 0 Å². The minimum Gasteiger partial charge on any atom is -0.307 e. The second-order valence-electron chi connectivity index (χ2n) is 1.82. The molecule has 0 heterocycles. The smallest absolute Gasteiger partial charge is 0.307 e. The standard InChI is InChI=1S/C6H4N2O3S/c7-8-5-2-1-3-6(4-5)9-10-11-12/h1-4H/p+1. The maximum absolute atomic E-state index is 8.37. The van der Waals surface area contributed by atoms with Crippen LogP contribution >= 0.6 is 12.9 Å². The van der Waals surface area contributed by atoms with Gasteiger partial charge in [0, 0.05) is 19.0 Å². The predicted molar refractivity (Wildman–Crippen MR) is 43.0 cm³/mol. The molecule has 0 fully saturated rings. The lowest BCUT2D eigenvalue weighted by atomic mass is 10.3. The number of thiol groups is 1. The third kappa shape index (κ3) is 2.39. The van der Waals surface area contributed by atoms with E-state index in [0.29, 0.717) is 11.4 Å². The van der Waals surface area contributed by atoms with Crippen LogP contribution in [-0.4, -0.2) is 0 Å². The van der Waals surface area contributed by atoms with Gasteiger partial charge in [0.15, 0.2) is 10.7 Å². The molecule has 0 aromatic heterocycles. The fraction of sp³-hybridized carbons (Fsp3) is 0. The van der Waals surface area contributed by atoms with Gasteiger partial charge in [-0.05, 0) is 11.1 Å². The summed E-state index contributed by atoms with van der Waals surface area (Å²) >= 11 is 3.28. The zero-order chi connectivity index (χ0) is 8.81. The van der Waals surface area contributed by atoms with Gasteiger partial charge in [-0.15, -0.1) is 4.33 Å². The number of hydrogen-bond acceptors (Lipinski definition) is 5. The second-order valence-corrected chi connectivity index (χ2v) is 1.97. The van der Waals surface area contributed by atoms with Crippen molar-refractivity contribution in [1.82, 2.24) is 0 Å². The Balaban J connectivity index is 2.68. The minimum absolute atomic E-state index is 0.347. The summed E-state index contributed by atoms with van der Waals surface area (Å²) in [5.74, 6) is 0.347. The van der Waals surface area contributed by atoms with Crippen LogP contribution in [0.25, 0.3) is 4.98 Å². The highest BCUT2D eigenvalue weighted by Gasteiger charge is 2.05. The molecule has 0 aliphatic carbocycles. The summed E-state index contributed by atoms with van der Waals surface area (Å²) in [6.45, 7) is 0. The molecular formula is C6H5N2O3S+. The van der Waals surface area contributed by atoms with E-state index < -0.39 is 0 Å². The summed E-state index contributed by atoms with van der Waals surface area (Å²) in [6, 6.07) is 6.27. The first-order chi connectivity index (χ1) is 5.86. The fourth-order valence-corrected chi connectivity index (χ4v) is 0.682. The topological polar surface area (TPSA) is 55.8 Å². The summed E-state index contributed by atoms with van der Waals surface area (Å²) in [7, 11) is 0. The summed E-state index contributed by atoms with van der Waals surface area (Å²) in [5.41, 5.74) is 0.357. The average Bonchev–Trinajstić information content (AvgIpc) is 2.15. The van der Waals surface area contributed by atoms with Gasteiger partial charge in [-0.25, -0.2) is 0 Å². The third-order valence-electron chi connectivity index (χ3n) is 1.09. The normalized spacial score (nSPS) is 9.00. The van der Waals surface area contributed by atoms with Gasteiger partial charge in [0.05, 0.1) is 6.07 Å². The summed E-state index contributed by atoms with van der Waals surface area (Å²) in [5, 5.41) is 12.4. The monoisotopic (exact) mass is 185 g/mol. The first kappa shape index (κ1) is 8.80. The van der Waals surface area contributed by atoms with Gasteiger partial charge in [0.2, 0.25) is 5.39 Å². The molecule has 62 valence electrons. The number of nitrogens with zero attached hydrogens (tertiary/aromatic N) is 2. The van der Waals surface area contributed by atoms with E-state index in [1.54, 1.807) is 18.2 Å². The van der Waals surface area contributed by atoms with Crippen LogP contribution in [0.15, 0.2) is 24.3 Å². The SMILES string of the molecule is N#[N+]c1cccc(OOOS)c1. The van der Waals surface area contributed by atoms with E-state index in [2.05, 4.69) is 32.1 Å². The summed E-state index contributed by atoms with van der Waals surface area (Å²) in [6.07, 6.45) is 0. The maximum Gasteiger partial charge on any atom is 0.388 e. The van der Waals surface area contributed by atoms with Crippen molar-refractivity contribution in [3.8, 4) is 5.75 Å². The lowest BCUT2D eigenvalue weighted by molar-refractivity contribution is -0.402. The molecule has 0 aliphatic heterocycles. The van der Waals surface area contributed by atoms with Crippen LogP contribution in [0.5, 0.6) is 5.75 Å². The van der Waals surface area contributed by atoms with E-state index in [0.717, 1.165) is 0 Å². The molecule has 0 bridgehead atoms. The molecule has 0 atom stereocenters. The van der Waals surface area contributed by atoms with E-state index in [1.165, 1.54) is 6.07 Å². The van der Waals surface area contributed by atoms with Crippen molar-refractivity contribution in [2.24, 2.45) is 0 Å². The van der Waals surface area contributed by atoms with Crippen molar-refractivity contribution in [1.29, 1.82) is 5.39 Å². The van der Waals surface area contributed by atoms with Gasteiger partial charge < -0.3 is 4.89 Å². The van der Waals surface area contributed by atoms with Gasteiger partial charge in [-0.3, -0.25) is 0 Å². The number of diazo groups is 1. The zero-order valence-corrected chi connectivity index (χ0v) is 6.77. The van der Waals surface area contributed by atoms with E-state index in [-0.39, 0.29) is 0 Å². The molecule has 12 heavy (non-hydrogen) atoms. The molecule has 0 aliphatic rings. The van der Waals surface area contributed by atoms with Crippen LogP contribution in [0, 0.1) is 5.39 Å². The molecule has 5 nitrogen and oxygen atoms in total. The molecule has 0 spiro atoms. The highest BCUT2D eigenvalue weighted by atomic mass is 32.1. The van der Waals surface area contributed by atoms with Crippen molar-refractivity contribution >= 4 is 18.6 Å². The lowest BCUT2D eigenvalue weighted by Gasteiger charge is -1.96. The average molecular weight is 185 g/mol. The molecule has 1 aromatic carbocycles. The van der Waals surface area contributed by atoms with Gasteiger partial charge in [-0.2, -0.15) is 0 Å². The largest absolute Gasteiger partial charge is 0.388 e. The van der Waals surface area contributed by atoms with Gasteiger partial charge in [0.25, 0.3) is 0 Å². The second kappa shape index (κ2) is 4.56. The molecule has 1 rings (SSSR count). The quantitative estimate of drug-likeness (QED) is 0.258. The number of hydrogen-bond donors (Lipinski definition) is 1. The lowest BCUT2D eigenvalue weighted by Crippen LogP contribution is -1.91. The van der Waals surface area contributed by atoms with Crippen LogP contribution in [0.2, 0.25) is 0 Å². The van der Waals surface area contributed by atoms with Gasteiger partial charge in [-0.1, -0.05) is 6.07 Å². The molecule has 0 radical (unpaired) electrons. The van der Waals surface area contributed by atoms with Crippen LogP contribution in [-0.2, 0) is 9.37 Å². The van der Waals surface area contributed by atoms with Crippen LogP contribution in [0.1, 0.15) is 0 Å². The van der Waals surface area contributed by atoms with Crippen molar-refractivity contribution in [2.75, 3.05) is 0 Å². The third-order valence-corrected chi connectivity index (χ3v) is 1.15. The predicted octanol–water partition coefficient (Wildman–Crippen LogP) is 2.26. The highest BCUT2D eigenvalue weighted by Crippen LogP contribution is 2.19. The first-order valence-electron chi connectivity index (χ1n) is 2.97. The van der Waals surface area contributed by atoms with Crippen LogP contribution in [0.4, 0.5) is 5.69 Å². The number of rotatable bonds is 3.